The third-order valence-electron chi connectivity index (χ3n) is 10.2. The number of benzene rings is 2. The zero-order valence-electron chi connectivity index (χ0n) is 33.1. The minimum absolute atomic E-state index is 0.0661. The fraction of sp³-hybridized carbons (Fsp3) is 0.500. The molecule has 0 saturated carbocycles. The lowest BCUT2D eigenvalue weighted by molar-refractivity contribution is -0.438. The zero-order chi connectivity index (χ0) is 38.8. The van der Waals surface area contributed by atoms with E-state index >= 15 is 0 Å². The van der Waals surface area contributed by atoms with Gasteiger partial charge in [0.2, 0.25) is 11.6 Å². The van der Waals surface area contributed by atoms with Crippen LogP contribution >= 0.6 is 0 Å². The molecule has 2 heterocycles. The lowest BCUT2D eigenvalue weighted by Gasteiger charge is -2.25. The lowest BCUT2D eigenvalue weighted by Crippen LogP contribution is -2.40. The van der Waals surface area contributed by atoms with Gasteiger partial charge in [-0.3, -0.25) is 4.79 Å². The van der Waals surface area contributed by atoms with Crippen LogP contribution in [0.1, 0.15) is 111 Å². The van der Waals surface area contributed by atoms with Crippen LogP contribution in [-0.4, -0.2) is 64.6 Å². The van der Waals surface area contributed by atoms with E-state index < -0.39 is 23.7 Å². The number of rotatable bonds is 17. The first-order valence-corrected chi connectivity index (χ1v) is 19.2. The largest absolute Gasteiger partial charge is 0.480 e. The third-order valence-corrected chi connectivity index (χ3v) is 10.2. The highest BCUT2D eigenvalue weighted by atomic mass is 16.6. The molecule has 1 unspecified atom stereocenters. The summed E-state index contributed by atoms with van der Waals surface area (Å²) in [5.74, 6) is -1.30. The van der Waals surface area contributed by atoms with Crippen molar-refractivity contribution in [3.05, 3.63) is 95.7 Å². The van der Waals surface area contributed by atoms with Crippen LogP contribution < -0.4 is 15.5 Å². The van der Waals surface area contributed by atoms with Gasteiger partial charge in [0.1, 0.15) is 18.2 Å². The first kappa shape index (κ1) is 41.1. The number of hydrogen-bond acceptors (Lipinski definition) is 5. The number of carbonyl (C=O) groups is 3. The van der Waals surface area contributed by atoms with Gasteiger partial charge in [-0.2, -0.15) is 4.58 Å². The maximum Gasteiger partial charge on any atom is 0.407 e. The monoisotopic (exact) mass is 725 g/mol. The normalized spacial score (nSPS) is 17.4. The number of fused-ring (bicyclic) bond motifs is 2. The number of amides is 2. The molecule has 0 bridgehead atoms. The number of carboxylic acid groups (broad SMARTS) is 1. The number of carbonyl (C=O) groups excluding carboxylic acids is 2. The van der Waals surface area contributed by atoms with Crippen molar-refractivity contribution in [1.82, 2.24) is 10.6 Å². The molecule has 0 aliphatic carbocycles. The van der Waals surface area contributed by atoms with Crippen molar-refractivity contribution in [2.24, 2.45) is 0 Å². The number of carboxylic acids is 1. The van der Waals surface area contributed by atoms with Gasteiger partial charge in [0, 0.05) is 60.4 Å². The Morgan fingerprint density at radius 2 is 1.58 bits per heavy atom. The number of alkyl carbamates (subject to hydrolysis) is 1. The number of hydrogen-bond donors (Lipinski definition) is 3. The molecule has 0 aromatic heterocycles. The first-order valence-electron chi connectivity index (χ1n) is 19.2. The van der Waals surface area contributed by atoms with Crippen molar-refractivity contribution >= 4 is 35.1 Å². The molecule has 1 atom stereocenters. The zero-order valence-corrected chi connectivity index (χ0v) is 33.1. The number of likely N-dealkylation sites (N-methyl/N-ethyl adjacent to an activating group) is 1. The Bertz CT molecular complexity index is 1740. The molecule has 2 aliphatic rings. The molecule has 3 N–H and O–H groups in total. The molecular formula is C44H61N4O5+. The van der Waals surface area contributed by atoms with Crippen LogP contribution in [-0.2, 0) is 25.2 Å². The molecule has 2 amide bonds. The average Bonchev–Trinajstić information content (AvgIpc) is 3.44. The van der Waals surface area contributed by atoms with E-state index in [2.05, 4.69) is 134 Å². The van der Waals surface area contributed by atoms with Crippen LogP contribution in [0.3, 0.4) is 0 Å². The minimum atomic E-state index is -1.05. The Morgan fingerprint density at radius 1 is 0.887 bits per heavy atom. The van der Waals surface area contributed by atoms with Gasteiger partial charge < -0.3 is 25.4 Å². The molecule has 53 heavy (non-hydrogen) atoms. The van der Waals surface area contributed by atoms with E-state index in [4.69, 9.17) is 4.74 Å². The predicted molar refractivity (Wildman–Crippen MR) is 214 cm³/mol. The summed E-state index contributed by atoms with van der Waals surface area (Å²) in [5, 5.41) is 15.0. The summed E-state index contributed by atoms with van der Waals surface area (Å²) in [6, 6.07) is 16.3. The van der Waals surface area contributed by atoms with Crippen LogP contribution in [0.4, 0.5) is 16.2 Å². The molecule has 2 aliphatic heterocycles. The average molecular weight is 726 g/mol. The fourth-order valence-electron chi connectivity index (χ4n) is 7.46. The van der Waals surface area contributed by atoms with Crippen molar-refractivity contribution in [1.29, 1.82) is 0 Å². The van der Waals surface area contributed by atoms with Gasteiger partial charge in [-0.05, 0) is 91.4 Å². The second-order valence-electron chi connectivity index (χ2n) is 16.1. The van der Waals surface area contributed by atoms with E-state index in [9.17, 15) is 19.5 Å². The number of nitrogens with one attached hydrogen (secondary N) is 2. The van der Waals surface area contributed by atoms with Gasteiger partial charge in [0.05, 0.1) is 5.41 Å². The van der Waals surface area contributed by atoms with Crippen molar-refractivity contribution in [3.8, 4) is 0 Å². The van der Waals surface area contributed by atoms with Crippen molar-refractivity contribution < 1.29 is 28.8 Å². The van der Waals surface area contributed by atoms with Gasteiger partial charge in [0.25, 0.3) is 0 Å². The standard InChI is InChI=1S/C44H60N4O5/c1-9-47-35-25-17-15-22-32(35)43(5,6)37(47)27-12-10-13-28-38-44(7,8)33-23-16-18-26-36(33)48(38)31-21-11-14-29-39(49)46-34(40(50)51)24-19-20-30-45-41(52)53-42(2,3)4/h10,12-13,15-18,22-23,25-28,34H,9,11,14,19-21,24,29-31H2,1-8H3,(H2-,45,46,49,50,51,52)/p+1. The molecular weight excluding hydrogens is 665 g/mol. The Labute approximate surface area is 316 Å². The van der Waals surface area contributed by atoms with E-state index in [1.807, 2.05) is 0 Å². The molecule has 2 aromatic carbocycles. The van der Waals surface area contributed by atoms with Crippen LogP contribution in [0.2, 0.25) is 0 Å². The molecule has 9 heteroatoms. The summed E-state index contributed by atoms with van der Waals surface area (Å²) < 4.78 is 7.62. The molecule has 0 radical (unpaired) electrons. The highest BCUT2D eigenvalue weighted by Gasteiger charge is 2.44. The minimum Gasteiger partial charge on any atom is -0.480 e. The van der Waals surface area contributed by atoms with Crippen molar-refractivity contribution in [2.75, 3.05) is 24.5 Å². The molecule has 0 fully saturated rings. The summed E-state index contributed by atoms with van der Waals surface area (Å²) in [7, 11) is 0. The highest BCUT2D eigenvalue weighted by Crippen LogP contribution is 2.47. The van der Waals surface area contributed by atoms with E-state index in [0.717, 1.165) is 25.9 Å². The second kappa shape index (κ2) is 17.9. The number of allylic oxidation sites excluding steroid dienone is 6. The van der Waals surface area contributed by atoms with E-state index in [1.54, 1.807) is 20.8 Å². The molecule has 9 nitrogen and oxygen atoms in total. The van der Waals surface area contributed by atoms with Crippen LogP contribution in [0.25, 0.3) is 0 Å². The van der Waals surface area contributed by atoms with Gasteiger partial charge in [-0.15, -0.1) is 0 Å². The van der Waals surface area contributed by atoms with Gasteiger partial charge in [0.15, 0.2) is 5.71 Å². The van der Waals surface area contributed by atoms with Crippen molar-refractivity contribution in [3.63, 3.8) is 0 Å². The van der Waals surface area contributed by atoms with Crippen molar-refractivity contribution in [2.45, 2.75) is 123 Å². The number of para-hydroxylation sites is 2. The fourth-order valence-corrected chi connectivity index (χ4v) is 7.46. The van der Waals surface area contributed by atoms with E-state index in [1.165, 1.54) is 33.9 Å². The number of anilines is 1. The molecule has 2 aromatic rings. The molecule has 286 valence electrons. The summed E-state index contributed by atoms with van der Waals surface area (Å²) in [5.41, 5.74) is 6.90. The van der Waals surface area contributed by atoms with Gasteiger partial charge in [-0.1, -0.05) is 68.5 Å². The predicted octanol–water partition coefficient (Wildman–Crippen LogP) is 8.70. The number of aliphatic carboxylic acids is 1. The molecule has 4 rings (SSSR count). The van der Waals surface area contributed by atoms with Crippen LogP contribution in [0.5, 0.6) is 0 Å². The smallest absolute Gasteiger partial charge is 0.407 e. The highest BCUT2D eigenvalue weighted by molar-refractivity contribution is 6.03. The summed E-state index contributed by atoms with van der Waals surface area (Å²) in [6.45, 7) is 18.8. The summed E-state index contributed by atoms with van der Waals surface area (Å²) in [6.07, 6.45) is 14.5. The topological polar surface area (TPSA) is 111 Å². The number of nitrogens with zero attached hydrogens (tertiary/aromatic N) is 2. The maximum absolute atomic E-state index is 12.7. The van der Waals surface area contributed by atoms with E-state index in [-0.39, 0.29) is 23.2 Å². The SMILES string of the molecule is CCN1/C(=C/C=C/C=C/C2=[N+](CCCCCC(=O)NC(CCCCNC(=O)OC(C)(C)C)C(=O)O)c3ccccc3C2(C)C)C(C)(C)c2ccccc21. The Morgan fingerprint density at radius 3 is 2.28 bits per heavy atom. The quantitative estimate of drug-likeness (QED) is 0.0855. The van der Waals surface area contributed by atoms with E-state index in [0.29, 0.717) is 32.2 Å². The first-order chi connectivity index (χ1) is 25.1. The summed E-state index contributed by atoms with van der Waals surface area (Å²) >= 11 is 0. The summed E-state index contributed by atoms with van der Waals surface area (Å²) in [4.78, 5) is 38.7. The lowest BCUT2D eigenvalue weighted by atomic mass is 9.81. The third kappa shape index (κ3) is 10.5. The Balaban J connectivity index is 1.30. The molecule has 0 saturated heterocycles. The van der Waals surface area contributed by atoms with Crippen LogP contribution in [0.15, 0.2) is 84.6 Å². The Kier molecular flexibility index (Phi) is 13.9. The number of unbranched alkanes of at least 4 members (excludes halogenated alkanes) is 3. The molecule has 0 spiro atoms. The second-order valence-corrected chi connectivity index (χ2v) is 16.1. The van der Waals surface area contributed by atoms with Gasteiger partial charge in [-0.25, -0.2) is 9.59 Å². The Hall–Kier alpha value is -4.66. The maximum atomic E-state index is 12.7. The number of ether oxygens (including phenoxy) is 1. The van der Waals surface area contributed by atoms with Crippen LogP contribution in [0, 0.1) is 0 Å². The van der Waals surface area contributed by atoms with Gasteiger partial charge >= 0.3 is 12.1 Å².